The Bertz CT molecular complexity index is 658. The van der Waals surface area contributed by atoms with Gasteiger partial charge in [-0.05, 0) is 12.1 Å². The van der Waals surface area contributed by atoms with Crippen LogP contribution in [0.2, 0.25) is 5.15 Å². The average molecular weight is 235 g/mol. The third-order valence-electron chi connectivity index (χ3n) is 2.33. The van der Waals surface area contributed by atoms with Crippen molar-refractivity contribution in [2.45, 2.75) is 0 Å². The third kappa shape index (κ3) is 1.33. The molecule has 0 saturated carbocycles. The fourth-order valence-electron chi connectivity index (χ4n) is 1.56. The predicted molar refractivity (Wildman–Crippen MR) is 61.0 cm³/mol. The average Bonchev–Trinajstić information content (AvgIpc) is 2.86. The second-order valence-electron chi connectivity index (χ2n) is 3.38. The van der Waals surface area contributed by atoms with Crippen LogP contribution in [0.15, 0.2) is 28.8 Å². The van der Waals surface area contributed by atoms with Gasteiger partial charge < -0.3 is 10.3 Å². The highest BCUT2D eigenvalue weighted by Crippen LogP contribution is 2.27. The summed E-state index contributed by atoms with van der Waals surface area (Å²) in [4.78, 5) is 0. The van der Waals surface area contributed by atoms with Crippen LogP contribution in [0.3, 0.4) is 0 Å². The Kier molecular flexibility index (Phi) is 1.87. The molecule has 6 heteroatoms. The van der Waals surface area contributed by atoms with E-state index in [4.69, 9.17) is 21.9 Å². The summed E-state index contributed by atoms with van der Waals surface area (Å²) < 4.78 is 4.81. The second kappa shape index (κ2) is 3.24. The van der Waals surface area contributed by atoms with Crippen molar-refractivity contribution in [1.29, 1.82) is 0 Å². The zero-order valence-electron chi connectivity index (χ0n) is 8.07. The molecule has 2 aromatic heterocycles. The molecule has 1 aromatic carbocycles. The molecule has 0 aliphatic rings. The summed E-state index contributed by atoms with van der Waals surface area (Å²) in [5.41, 5.74) is 7.84. The summed E-state index contributed by atoms with van der Waals surface area (Å²) >= 11 is 5.95. The minimum Gasteiger partial charge on any atom is -0.368 e. The fraction of sp³-hybridized carbons (Fsp3) is 0. The quantitative estimate of drug-likeness (QED) is 0.678. The van der Waals surface area contributed by atoms with Crippen LogP contribution >= 0.6 is 11.6 Å². The monoisotopic (exact) mass is 234 g/mol. The Morgan fingerprint density at radius 2 is 2.19 bits per heavy atom. The minimum atomic E-state index is 0.286. The first-order valence-corrected chi connectivity index (χ1v) is 4.98. The largest absolute Gasteiger partial charge is 0.368 e. The van der Waals surface area contributed by atoms with Crippen LogP contribution in [-0.4, -0.2) is 15.4 Å². The maximum Gasteiger partial charge on any atom is 0.222 e. The molecule has 0 fully saturated rings. The van der Waals surface area contributed by atoms with E-state index >= 15 is 0 Å². The zero-order chi connectivity index (χ0) is 11.1. The molecule has 2 heterocycles. The third-order valence-corrected chi connectivity index (χ3v) is 2.62. The smallest absolute Gasteiger partial charge is 0.222 e. The Balaban J connectivity index is 2.21. The van der Waals surface area contributed by atoms with Gasteiger partial charge in [-0.25, -0.2) is 0 Å². The molecule has 0 aliphatic heterocycles. The van der Waals surface area contributed by atoms with E-state index in [9.17, 15) is 0 Å². The van der Waals surface area contributed by atoms with Crippen LogP contribution < -0.4 is 5.73 Å². The predicted octanol–water partition coefficient (Wildman–Crippen LogP) is 2.45. The summed E-state index contributed by atoms with van der Waals surface area (Å²) in [6.07, 6.45) is 0. The van der Waals surface area contributed by atoms with E-state index in [1.165, 1.54) is 0 Å². The van der Waals surface area contributed by atoms with Crippen molar-refractivity contribution in [2.75, 3.05) is 5.73 Å². The Morgan fingerprint density at radius 3 is 2.94 bits per heavy atom. The molecule has 0 bridgehead atoms. The van der Waals surface area contributed by atoms with Crippen molar-refractivity contribution < 1.29 is 4.52 Å². The molecule has 5 nitrogen and oxygen atoms in total. The molecule has 3 N–H and O–H groups in total. The SMILES string of the molecule is Nc1cc(-c2ccc3n[nH]c(Cl)c3c2)no1. The van der Waals surface area contributed by atoms with Crippen molar-refractivity contribution in [3.63, 3.8) is 0 Å². The molecule has 80 valence electrons. The Morgan fingerprint density at radius 1 is 1.31 bits per heavy atom. The number of nitrogens with zero attached hydrogens (tertiary/aromatic N) is 2. The van der Waals surface area contributed by atoms with Crippen LogP contribution in [0.5, 0.6) is 0 Å². The molecule has 0 radical (unpaired) electrons. The van der Waals surface area contributed by atoms with Crippen molar-refractivity contribution >= 4 is 28.4 Å². The molecular formula is C10H7ClN4O. The maximum absolute atomic E-state index is 5.95. The van der Waals surface area contributed by atoms with E-state index in [1.807, 2.05) is 18.2 Å². The van der Waals surface area contributed by atoms with Gasteiger partial charge >= 0.3 is 0 Å². The van der Waals surface area contributed by atoms with Gasteiger partial charge in [0.15, 0.2) is 0 Å². The van der Waals surface area contributed by atoms with Gasteiger partial charge in [0.1, 0.15) is 10.8 Å². The number of halogens is 1. The molecule has 3 rings (SSSR count). The van der Waals surface area contributed by atoms with Gasteiger partial charge in [-0.2, -0.15) is 5.10 Å². The van der Waals surface area contributed by atoms with Crippen LogP contribution in [0, 0.1) is 0 Å². The standard InChI is InChI=1S/C10H7ClN4O/c11-10-6-3-5(1-2-7(6)13-14-10)8-4-9(12)16-15-8/h1-4H,12H2,(H,13,14). The summed E-state index contributed by atoms with van der Waals surface area (Å²) in [5, 5.41) is 11.9. The van der Waals surface area contributed by atoms with Crippen LogP contribution in [0.1, 0.15) is 0 Å². The number of benzene rings is 1. The summed E-state index contributed by atoms with van der Waals surface area (Å²) in [5.74, 6) is 0.286. The normalized spacial score (nSPS) is 11.1. The number of rotatable bonds is 1. The zero-order valence-corrected chi connectivity index (χ0v) is 8.82. The summed E-state index contributed by atoms with van der Waals surface area (Å²) in [6.45, 7) is 0. The van der Waals surface area contributed by atoms with Gasteiger partial charge in [0, 0.05) is 17.0 Å². The van der Waals surface area contributed by atoms with Crippen molar-refractivity contribution in [3.05, 3.63) is 29.4 Å². The van der Waals surface area contributed by atoms with Gasteiger partial charge in [-0.15, -0.1) is 0 Å². The van der Waals surface area contributed by atoms with Gasteiger partial charge in [0.05, 0.1) is 5.52 Å². The molecule has 0 unspecified atom stereocenters. The van der Waals surface area contributed by atoms with E-state index in [-0.39, 0.29) is 5.88 Å². The minimum absolute atomic E-state index is 0.286. The molecule has 3 aromatic rings. The van der Waals surface area contributed by atoms with E-state index in [2.05, 4.69) is 15.4 Å². The maximum atomic E-state index is 5.95. The van der Waals surface area contributed by atoms with Crippen LogP contribution in [-0.2, 0) is 0 Å². The molecule has 0 amide bonds. The number of anilines is 1. The number of aromatic amines is 1. The molecule has 0 aliphatic carbocycles. The van der Waals surface area contributed by atoms with Crippen molar-refractivity contribution in [2.24, 2.45) is 0 Å². The number of hydrogen-bond donors (Lipinski definition) is 2. The highest BCUT2D eigenvalue weighted by atomic mass is 35.5. The van der Waals surface area contributed by atoms with Gasteiger partial charge in [0.2, 0.25) is 5.88 Å². The Labute approximate surface area is 95.2 Å². The molecule has 0 saturated heterocycles. The number of H-pyrrole nitrogens is 1. The second-order valence-corrected chi connectivity index (χ2v) is 3.76. The lowest BCUT2D eigenvalue weighted by Crippen LogP contribution is -1.78. The lowest BCUT2D eigenvalue weighted by Gasteiger charge is -1.94. The van der Waals surface area contributed by atoms with Crippen molar-refractivity contribution in [1.82, 2.24) is 15.4 Å². The van der Waals surface area contributed by atoms with Crippen LogP contribution in [0.4, 0.5) is 5.88 Å². The fourth-order valence-corrected chi connectivity index (χ4v) is 1.76. The topological polar surface area (TPSA) is 80.7 Å². The van der Waals surface area contributed by atoms with Gasteiger partial charge in [-0.1, -0.05) is 22.8 Å². The van der Waals surface area contributed by atoms with E-state index in [0.29, 0.717) is 10.8 Å². The van der Waals surface area contributed by atoms with Crippen molar-refractivity contribution in [3.8, 4) is 11.3 Å². The number of nitrogens with two attached hydrogens (primary N) is 1. The highest BCUT2D eigenvalue weighted by Gasteiger charge is 2.08. The van der Waals surface area contributed by atoms with Gasteiger partial charge in [0.25, 0.3) is 0 Å². The number of fused-ring (bicyclic) bond motifs is 1. The van der Waals surface area contributed by atoms with Crippen LogP contribution in [0.25, 0.3) is 22.2 Å². The van der Waals surface area contributed by atoms with E-state index in [0.717, 1.165) is 16.5 Å². The summed E-state index contributed by atoms with van der Waals surface area (Å²) in [6, 6.07) is 7.29. The molecule has 16 heavy (non-hydrogen) atoms. The highest BCUT2D eigenvalue weighted by molar-refractivity contribution is 6.34. The van der Waals surface area contributed by atoms with Gasteiger partial charge in [-0.3, -0.25) is 5.10 Å². The lowest BCUT2D eigenvalue weighted by molar-refractivity contribution is 0.439. The first-order chi connectivity index (χ1) is 7.74. The lowest BCUT2D eigenvalue weighted by atomic mass is 10.1. The molecule has 0 spiro atoms. The molecule has 0 atom stereocenters. The first kappa shape index (κ1) is 9.23. The number of nitrogen functional groups attached to an aromatic ring is 1. The number of nitrogens with one attached hydrogen (secondary N) is 1. The van der Waals surface area contributed by atoms with E-state index in [1.54, 1.807) is 6.07 Å². The summed E-state index contributed by atoms with van der Waals surface area (Å²) in [7, 11) is 0. The number of aromatic nitrogens is 3. The van der Waals surface area contributed by atoms with E-state index < -0.39 is 0 Å². The Hall–Kier alpha value is -2.01. The molecular weight excluding hydrogens is 228 g/mol. The number of hydrogen-bond acceptors (Lipinski definition) is 4. The first-order valence-electron chi connectivity index (χ1n) is 4.60.